The highest BCUT2D eigenvalue weighted by atomic mass is 79.9. The van der Waals surface area contributed by atoms with E-state index in [4.69, 9.17) is 4.74 Å². The summed E-state index contributed by atoms with van der Waals surface area (Å²) in [5, 5.41) is 9.44. The first-order valence-electron chi connectivity index (χ1n) is 6.14. The van der Waals surface area contributed by atoms with Gasteiger partial charge in [0.2, 0.25) is 0 Å². The number of ether oxygens (including phenoxy) is 1. The molecule has 0 aliphatic heterocycles. The minimum atomic E-state index is -0.536. The van der Waals surface area contributed by atoms with Crippen molar-refractivity contribution in [2.75, 3.05) is 5.32 Å². The summed E-state index contributed by atoms with van der Waals surface area (Å²) in [5.41, 5.74) is 1.89. The van der Waals surface area contributed by atoms with E-state index in [0.717, 1.165) is 15.6 Å². The Morgan fingerprint density at radius 1 is 1.40 bits per heavy atom. The summed E-state index contributed by atoms with van der Waals surface area (Å²) < 4.78 is 6.14. The van der Waals surface area contributed by atoms with E-state index in [9.17, 15) is 4.79 Å². The van der Waals surface area contributed by atoms with Gasteiger partial charge in [-0.1, -0.05) is 22.0 Å². The normalized spacial score (nSPS) is 11.2. The maximum atomic E-state index is 11.9. The Kier molecular flexibility index (Phi) is 4.13. The van der Waals surface area contributed by atoms with Crippen molar-refractivity contribution in [2.24, 2.45) is 0 Å². The van der Waals surface area contributed by atoms with Crippen molar-refractivity contribution in [1.82, 2.24) is 10.2 Å². The number of halogens is 1. The first-order chi connectivity index (χ1) is 9.35. The third kappa shape index (κ3) is 3.84. The first kappa shape index (κ1) is 14.6. The molecule has 1 amide bonds. The van der Waals surface area contributed by atoms with Crippen LogP contribution in [0.1, 0.15) is 20.8 Å². The maximum Gasteiger partial charge on any atom is 0.412 e. The van der Waals surface area contributed by atoms with Gasteiger partial charge in [-0.2, -0.15) is 5.10 Å². The van der Waals surface area contributed by atoms with Crippen LogP contribution in [0.4, 0.5) is 10.5 Å². The van der Waals surface area contributed by atoms with E-state index >= 15 is 0 Å². The molecule has 0 fully saturated rings. The molecule has 1 aromatic heterocycles. The van der Waals surface area contributed by atoms with Crippen molar-refractivity contribution in [2.45, 2.75) is 26.4 Å². The quantitative estimate of drug-likeness (QED) is 0.863. The number of H-pyrrole nitrogens is 1. The van der Waals surface area contributed by atoms with Gasteiger partial charge in [0.15, 0.2) is 0 Å². The number of carbonyl (C=O) groups is 1. The molecule has 2 rings (SSSR count). The predicted octanol–water partition coefficient (Wildman–Crippen LogP) is 4.19. The van der Waals surface area contributed by atoms with Crippen LogP contribution in [0.3, 0.4) is 0 Å². The number of hydrogen-bond acceptors (Lipinski definition) is 3. The topological polar surface area (TPSA) is 67.0 Å². The maximum absolute atomic E-state index is 11.9. The Morgan fingerprint density at radius 3 is 2.75 bits per heavy atom. The Balaban J connectivity index is 2.27. The molecule has 1 heterocycles. The predicted molar refractivity (Wildman–Crippen MR) is 81.6 cm³/mol. The molecule has 0 spiro atoms. The number of carbonyl (C=O) groups excluding carboxylic acids is 1. The van der Waals surface area contributed by atoms with E-state index in [-0.39, 0.29) is 0 Å². The summed E-state index contributed by atoms with van der Waals surface area (Å²) in [6.45, 7) is 5.47. The van der Waals surface area contributed by atoms with Crippen molar-refractivity contribution in [1.29, 1.82) is 0 Å². The molecular formula is C14H16BrN3O2. The van der Waals surface area contributed by atoms with Gasteiger partial charge in [-0.15, -0.1) is 0 Å². The molecule has 0 unspecified atom stereocenters. The fourth-order valence-corrected chi connectivity index (χ4v) is 2.04. The summed E-state index contributed by atoms with van der Waals surface area (Å²) in [6, 6.07) is 5.64. The number of aromatic amines is 1. The van der Waals surface area contributed by atoms with Crippen LogP contribution in [-0.2, 0) is 4.74 Å². The van der Waals surface area contributed by atoms with E-state index in [1.165, 1.54) is 0 Å². The van der Waals surface area contributed by atoms with Crippen molar-refractivity contribution >= 4 is 27.7 Å². The fraction of sp³-hybridized carbons (Fsp3) is 0.286. The number of hydrogen-bond donors (Lipinski definition) is 2. The molecule has 0 saturated carbocycles. The minimum Gasteiger partial charge on any atom is -0.444 e. The van der Waals surface area contributed by atoms with Crippen LogP contribution in [-0.4, -0.2) is 21.9 Å². The number of rotatable bonds is 2. The minimum absolute atomic E-state index is 0.486. The molecule has 2 aromatic rings. The molecule has 0 radical (unpaired) electrons. The Morgan fingerprint density at radius 2 is 2.15 bits per heavy atom. The number of aromatic nitrogens is 2. The van der Waals surface area contributed by atoms with Crippen LogP contribution in [0.5, 0.6) is 0 Å². The van der Waals surface area contributed by atoms with Crippen LogP contribution in [0.25, 0.3) is 11.1 Å². The molecule has 0 atom stereocenters. The fourth-order valence-electron chi connectivity index (χ4n) is 1.68. The zero-order valence-corrected chi connectivity index (χ0v) is 13.1. The van der Waals surface area contributed by atoms with Gasteiger partial charge in [0.05, 0.1) is 11.9 Å². The first-order valence-corrected chi connectivity index (χ1v) is 6.93. The van der Waals surface area contributed by atoms with E-state index in [0.29, 0.717) is 5.69 Å². The lowest BCUT2D eigenvalue weighted by atomic mass is 10.1. The van der Waals surface area contributed by atoms with Crippen molar-refractivity contribution < 1.29 is 9.53 Å². The zero-order chi connectivity index (χ0) is 14.8. The largest absolute Gasteiger partial charge is 0.444 e. The average Bonchev–Trinajstić information content (AvgIpc) is 2.79. The summed E-state index contributed by atoms with van der Waals surface area (Å²) in [6.07, 6.45) is 2.98. The van der Waals surface area contributed by atoms with Crippen LogP contribution in [0.15, 0.2) is 35.1 Å². The van der Waals surface area contributed by atoms with Crippen molar-refractivity contribution in [3.63, 3.8) is 0 Å². The molecule has 6 heteroatoms. The molecule has 0 saturated heterocycles. The van der Waals surface area contributed by atoms with Crippen molar-refractivity contribution in [3.8, 4) is 11.1 Å². The second kappa shape index (κ2) is 5.66. The number of benzene rings is 1. The van der Waals surface area contributed by atoms with E-state index in [1.54, 1.807) is 12.4 Å². The second-order valence-electron chi connectivity index (χ2n) is 5.30. The average molecular weight is 338 g/mol. The number of nitrogens with zero attached hydrogens (tertiary/aromatic N) is 1. The van der Waals surface area contributed by atoms with Gasteiger partial charge in [-0.3, -0.25) is 10.4 Å². The highest BCUT2D eigenvalue weighted by molar-refractivity contribution is 9.10. The van der Waals surface area contributed by atoms with Crippen LogP contribution >= 0.6 is 15.9 Å². The lowest BCUT2D eigenvalue weighted by Crippen LogP contribution is -2.27. The molecule has 0 aliphatic carbocycles. The lowest BCUT2D eigenvalue weighted by molar-refractivity contribution is 0.0636. The van der Waals surface area contributed by atoms with E-state index < -0.39 is 11.7 Å². The summed E-state index contributed by atoms with van der Waals surface area (Å²) >= 11 is 3.40. The summed E-state index contributed by atoms with van der Waals surface area (Å²) in [5.74, 6) is 0. The van der Waals surface area contributed by atoms with Gasteiger partial charge in [0.1, 0.15) is 5.60 Å². The van der Waals surface area contributed by atoms with Gasteiger partial charge >= 0.3 is 6.09 Å². The van der Waals surface area contributed by atoms with Gasteiger partial charge < -0.3 is 4.74 Å². The number of amides is 1. The Labute approximate surface area is 125 Å². The Hall–Kier alpha value is -1.82. The van der Waals surface area contributed by atoms with Gasteiger partial charge in [0.25, 0.3) is 0 Å². The third-order valence-electron chi connectivity index (χ3n) is 2.43. The molecule has 0 bridgehead atoms. The van der Waals surface area contributed by atoms with Crippen LogP contribution < -0.4 is 5.32 Å². The monoisotopic (exact) mass is 337 g/mol. The van der Waals surface area contributed by atoms with Gasteiger partial charge in [0, 0.05) is 21.8 Å². The smallest absolute Gasteiger partial charge is 0.412 e. The van der Waals surface area contributed by atoms with E-state index in [2.05, 4.69) is 31.4 Å². The van der Waals surface area contributed by atoms with Gasteiger partial charge in [-0.05, 0) is 32.9 Å². The SMILES string of the molecule is CC(C)(C)OC(=O)Nc1cc(Br)ccc1-c1cn[nH]c1. The Bertz CT molecular complexity index is 603. The number of nitrogens with one attached hydrogen (secondary N) is 2. The number of anilines is 1. The molecule has 2 N–H and O–H groups in total. The molecule has 5 nitrogen and oxygen atoms in total. The second-order valence-corrected chi connectivity index (χ2v) is 6.22. The van der Waals surface area contributed by atoms with Crippen LogP contribution in [0.2, 0.25) is 0 Å². The van der Waals surface area contributed by atoms with Crippen LogP contribution in [0, 0.1) is 0 Å². The third-order valence-corrected chi connectivity index (χ3v) is 2.92. The highest BCUT2D eigenvalue weighted by Crippen LogP contribution is 2.30. The molecular weight excluding hydrogens is 322 g/mol. The van der Waals surface area contributed by atoms with Gasteiger partial charge in [-0.25, -0.2) is 4.79 Å². The molecule has 106 valence electrons. The van der Waals surface area contributed by atoms with Crippen molar-refractivity contribution in [3.05, 3.63) is 35.1 Å². The zero-order valence-electron chi connectivity index (χ0n) is 11.5. The summed E-state index contributed by atoms with van der Waals surface area (Å²) in [4.78, 5) is 11.9. The van der Waals surface area contributed by atoms with E-state index in [1.807, 2.05) is 39.0 Å². The molecule has 0 aliphatic rings. The standard InChI is InChI=1S/C14H16BrN3O2/c1-14(2,3)20-13(19)18-12-6-10(15)4-5-11(12)9-7-16-17-8-9/h4-8H,1-3H3,(H,16,17)(H,18,19). The highest BCUT2D eigenvalue weighted by Gasteiger charge is 2.17. The lowest BCUT2D eigenvalue weighted by Gasteiger charge is -2.20. The summed E-state index contributed by atoms with van der Waals surface area (Å²) in [7, 11) is 0. The molecule has 1 aromatic carbocycles. The molecule has 20 heavy (non-hydrogen) atoms.